The highest BCUT2D eigenvalue weighted by atomic mass is 35.5. The van der Waals surface area contributed by atoms with Crippen molar-refractivity contribution in [2.75, 3.05) is 6.54 Å². The molecule has 0 bridgehead atoms. The number of halogens is 2. The maximum atomic E-state index is 12.9. The van der Waals surface area contributed by atoms with E-state index in [1.54, 1.807) is 31.2 Å². The first-order chi connectivity index (χ1) is 12.4. The van der Waals surface area contributed by atoms with Crippen molar-refractivity contribution in [1.82, 2.24) is 20.1 Å². The predicted octanol–water partition coefficient (Wildman–Crippen LogP) is 2.83. The zero-order valence-electron chi connectivity index (χ0n) is 13.9. The second kappa shape index (κ2) is 7.63. The van der Waals surface area contributed by atoms with Crippen LogP contribution in [0, 0.1) is 12.7 Å². The maximum Gasteiger partial charge on any atom is 0.291 e. The SMILES string of the molecule is Cc1nc(C(=O)NCC(O)c2ccc(F)cc2)nn1-c1ccc(Cl)cc1. The molecule has 134 valence electrons. The quantitative estimate of drug-likeness (QED) is 0.719. The topological polar surface area (TPSA) is 80.0 Å². The molecule has 1 unspecified atom stereocenters. The third-order valence-corrected chi connectivity index (χ3v) is 4.01. The average molecular weight is 375 g/mol. The van der Waals surface area contributed by atoms with Gasteiger partial charge < -0.3 is 10.4 Å². The zero-order valence-corrected chi connectivity index (χ0v) is 14.6. The van der Waals surface area contributed by atoms with E-state index >= 15 is 0 Å². The van der Waals surface area contributed by atoms with Crippen LogP contribution in [0.4, 0.5) is 4.39 Å². The molecule has 1 amide bonds. The summed E-state index contributed by atoms with van der Waals surface area (Å²) in [5.41, 5.74) is 1.23. The molecule has 0 saturated heterocycles. The summed E-state index contributed by atoms with van der Waals surface area (Å²) in [6.45, 7) is 1.69. The summed E-state index contributed by atoms with van der Waals surface area (Å²) in [7, 11) is 0. The first-order valence-electron chi connectivity index (χ1n) is 7.85. The van der Waals surface area contributed by atoms with Gasteiger partial charge >= 0.3 is 0 Å². The van der Waals surface area contributed by atoms with Gasteiger partial charge in [0.15, 0.2) is 0 Å². The Hall–Kier alpha value is -2.77. The average Bonchev–Trinajstić information content (AvgIpc) is 3.02. The number of benzene rings is 2. The number of hydrogen-bond acceptors (Lipinski definition) is 4. The monoisotopic (exact) mass is 374 g/mol. The van der Waals surface area contributed by atoms with Crippen LogP contribution in [-0.2, 0) is 0 Å². The van der Waals surface area contributed by atoms with Crippen LogP contribution in [0.15, 0.2) is 48.5 Å². The predicted molar refractivity (Wildman–Crippen MR) is 94.8 cm³/mol. The van der Waals surface area contributed by atoms with E-state index in [0.717, 1.165) is 5.69 Å². The van der Waals surface area contributed by atoms with Crippen LogP contribution in [0.1, 0.15) is 28.1 Å². The van der Waals surface area contributed by atoms with Crippen LogP contribution in [0.5, 0.6) is 0 Å². The molecule has 8 heteroatoms. The number of nitrogens with zero attached hydrogens (tertiary/aromatic N) is 3. The molecule has 2 aromatic carbocycles. The van der Waals surface area contributed by atoms with Crippen molar-refractivity contribution < 1.29 is 14.3 Å². The zero-order chi connectivity index (χ0) is 18.7. The number of hydrogen-bond donors (Lipinski definition) is 2. The van der Waals surface area contributed by atoms with Crippen LogP contribution >= 0.6 is 11.6 Å². The molecule has 1 heterocycles. The van der Waals surface area contributed by atoms with Gasteiger partial charge in [-0.1, -0.05) is 23.7 Å². The molecule has 3 rings (SSSR count). The van der Waals surface area contributed by atoms with Gasteiger partial charge in [0.25, 0.3) is 5.91 Å². The Morgan fingerprint density at radius 2 is 1.88 bits per heavy atom. The van der Waals surface area contributed by atoms with E-state index in [9.17, 15) is 14.3 Å². The molecular weight excluding hydrogens is 359 g/mol. The molecule has 3 aromatic rings. The van der Waals surface area contributed by atoms with Crippen LogP contribution in [0.3, 0.4) is 0 Å². The standard InChI is InChI=1S/C18H16ClFN4O2/c1-11-22-17(23-24(11)15-8-4-13(19)5-9-15)18(26)21-10-16(25)12-2-6-14(20)7-3-12/h2-9,16,25H,10H2,1H3,(H,21,26). The van der Waals surface area contributed by atoms with E-state index in [1.165, 1.54) is 28.9 Å². The van der Waals surface area contributed by atoms with Crippen molar-refractivity contribution in [2.24, 2.45) is 0 Å². The smallest absolute Gasteiger partial charge is 0.291 e. The molecule has 0 aliphatic rings. The van der Waals surface area contributed by atoms with Crippen molar-refractivity contribution in [3.8, 4) is 5.69 Å². The summed E-state index contributed by atoms with van der Waals surface area (Å²) in [6.07, 6.45) is -0.959. The highest BCUT2D eigenvalue weighted by Gasteiger charge is 2.17. The number of aliphatic hydroxyl groups is 1. The molecule has 0 aliphatic carbocycles. The second-order valence-corrected chi connectivity index (χ2v) is 6.08. The van der Waals surface area contributed by atoms with Crippen molar-refractivity contribution in [2.45, 2.75) is 13.0 Å². The van der Waals surface area contributed by atoms with Gasteiger partial charge in [0.05, 0.1) is 11.8 Å². The summed E-state index contributed by atoms with van der Waals surface area (Å²) in [5.74, 6) is -0.375. The largest absolute Gasteiger partial charge is 0.387 e. The van der Waals surface area contributed by atoms with Crippen LogP contribution in [0.25, 0.3) is 5.69 Å². The molecule has 1 aromatic heterocycles. The normalized spacial score (nSPS) is 12.0. The van der Waals surface area contributed by atoms with Crippen LogP contribution in [0.2, 0.25) is 5.02 Å². The third-order valence-electron chi connectivity index (χ3n) is 3.75. The van der Waals surface area contributed by atoms with E-state index in [2.05, 4.69) is 15.4 Å². The molecule has 0 radical (unpaired) electrons. The van der Waals surface area contributed by atoms with Crippen LogP contribution < -0.4 is 5.32 Å². The number of carbonyl (C=O) groups is 1. The molecule has 1 atom stereocenters. The second-order valence-electron chi connectivity index (χ2n) is 5.65. The van der Waals surface area contributed by atoms with Gasteiger partial charge in [-0.15, -0.1) is 5.10 Å². The molecule has 0 spiro atoms. The van der Waals surface area contributed by atoms with E-state index in [1.807, 2.05) is 0 Å². The van der Waals surface area contributed by atoms with Gasteiger partial charge in [-0.25, -0.2) is 14.1 Å². The van der Waals surface area contributed by atoms with E-state index in [-0.39, 0.29) is 12.4 Å². The molecule has 2 N–H and O–H groups in total. The first kappa shape index (κ1) is 18.0. The minimum Gasteiger partial charge on any atom is -0.387 e. The Morgan fingerprint density at radius 3 is 2.54 bits per heavy atom. The Bertz CT molecular complexity index is 910. The van der Waals surface area contributed by atoms with Gasteiger partial charge in [-0.05, 0) is 48.9 Å². The van der Waals surface area contributed by atoms with E-state index in [0.29, 0.717) is 16.4 Å². The number of aryl methyl sites for hydroxylation is 1. The van der Waals surface area contributed by atoms with Gasteiger partial charge in [-0.2, -0.15) is 0 Å². The number of amides is 1. The lowest BCUT2D eigenvalue weighted by molar-refractivity contribution is 0.0906. The number of carbonyl (C=O) groups excluding carboxylic acids is 1. The van der Waals surface area contributed by atoms with Crippen molar-refractivity contribution in [1.29, 1.82) is 0 Å². The van der Waals surface area contributed by atoms with E-state index in [4.69, 9.17) is 11.6 Å². The molecule has 26 heavy (non-hydrogen) atoms. The maximum absolute atomic E-state index is 12.9. The molecular formula is C18H16ClFN4O2. The van der Waals surface area contributed by atoms with Gasteiger partial charge in [-0.3, -0.25) is 4.79 Å². The lowest BCUT2D eigenvalue weighted by Gasteiger charge is -2.11. The Morgan fingerprint density at radius 1 is 1.23 bits per heavy atom. The molecule has 0 fully saturated rings. The highest BCUT2D eigenvalue weighted by molar-refractivity contribution is 6.30. The van der Waals surface area contributed by atoms with Gasteiger partial charge in [0, 0.05) is 11.6 Å². The summed E-state index contributed by atoms with van der Waals surface area (Å²) in [4.78, 5) is 16.4. The van der Waals surface area contributed by atoms with Crippen molar-refractivity contribution >= 4 is 17.5 Å². The molecule has 0 aliphatic heterocycles. The number of aromatic nitrogens is 3. The lowest BCUT2D eigenvalue weighted by atomic mass is 10.1. The number of aliphatic hydroxyl groups excluding tert-OH is 1. The van der Waals surface area contributed by atoms with Crippen molar-refractivity contribution in [3.63, 3.8) is 0 Å². The number of nitrogens with one attached hydrogen (secondary N) is 1. The third kappa shape index (κ3) is 4.07. The van der Waals surface area contributed by atoms with E-state index < -0.39 is 17.8 Å². The van der Waals surface area contributed by atoms with Gasteiger partial charge in [0.2, 0.25) is 5.82 Å². The minimum atomic E-state index is -0.959. The Kier molecular flexibility index (Phi) is 5.29. The minimum absolute atomic E-state index is 0.0104. The van der Waals surface area contributed by atoms with Crippen LogP contribution in [-0.4, -0.2) is 32.3 Å². The molecule has 0 saturated carbocycles. The fourth-order valence-corrected chi connectivity index (χ4v) is 2.51. The first-order valence-corrected chi connectivity index (χ1v) is 8.23. The summed E-state index contributed by atoms with van der Waals surface area (Å²) in [6, 6.07) is 12.4. The Labute approximate surface area is 154 Å². The highest BCUT2D eigenvalue weighted by Crippen LogP contribution is 2.15. The lowest BCUT2D eigenvalue weighted by Crippen LogP contribution is -2.29. The van der Waals surface area contributed by atoms with Crippen molar-refractivity contribution in [3.05, 3.63) is 76.6 Å². The Balaban J connectivity index is 1.67. The van der Waals surface area contributed by atoms with Gasteiger partial charge in [0.1, 0.15) is 11.6 Å². The summed E-state index contributed by atoms with van der Waals surface area (Å²) in [5, 5.41) is 17.4. The fourth-order valence-electron chi connectivity index (χ4n) is 2.38. The molecule has 6 nitrogen and oxygen atoms in total. The number of rotatable bonds is 5. The summed E-state index contributed by atoms with van der Waals surface area (Å²) >= 11 is 5.87. The summed E-state index contributed by atoms with van der Waals surface area (Å²) < 4.78 is 14.4. The fraction of sp³-hybridized carbons (Fsp3) is 0.167.